The Balaban J connectivity index is 1.70. The predicted octanol–water partition coefficient (Wildman–Crippen LogP) is 1.68. The third-order valence-electron chi connectivity index (χ3n) is 4.82. The average molecular weight is 372 g/mol. The van der Waals surface area contributed by atoms with Crippen molar-refractivity contribution in [1.29, 1.82) is 0 Å². The van der Waals surface area contributed by atoms with Gasteiger partial charge in [-0.2, -0.15) is 0 Å². The van der Waals surface area contributed by atoms with Gasteiger partial charge in [0, 0.05) is 69.9 Å². The van der Waals surface area contributed by atoms with Gasteiger partial charge in [-0.1, -0.05) is 6.07 Å². The summed E-state index contributed by atoms with van der Waals surface area (Å²) in [5, 5.41) is 2.93. The Bertz CT molecular complexity index is 746. The SMILES string of the molecule is COCCNC(=O)CC1CN(Cc2cccnc2OC)Cc2cccn2C1. The first-order valence-electron chi connectivity index (χ1n) is 9.29. The maximum absolute atomic E-state index is 12.3. The van der Waals surface area contributed by atoms with E-state index in [1.54, 1.807) is 20.4 Å². The molecule has 3 heterocycles. The van der Waals surface area contributed by atoms with Crippen molar-refractivity contribution in [2.45, 2.75) is 26.1 Å². The molecule has 2 aromatic heterocycles. The molecule has 27 heavy (non-hydrogen) atoms. The standard InChI is InChI=1S/C20H28N4O3/c1-26-10-8-21-19(25)11-16-12-23(15-18-6-4-9-24(18)13-16)14-17-5-3-7-22-20(17)27-2/h3-7,9,16H,8,10-15H2,1-2H3,(H,21,25). The van der Waals surface area contributed by atoms with E-state index in [4.69, 9.17) is 9.47 Å². The molecule has 0 aliphatic carbocycles. The van der Waals surface area contributed by atoms with E-state index in [0.29, 0.717) is 25.5 Å². The van der Waals surface area contributed by atoms with Gasteiger partial charge in [-0.15, -0.1) is 0 Å². The fraction of sp³-hybridized carbons (Fsp3) is 0.500. The topological polar surface area (TPSA) is 68.6 Å². The minimum Gasteiger partial charge on any atom is -0.481 e. The summed E-state index contributed by atoms with van der Waals surface area (Å²) in [6.07, 6.45) is 4.34. The molecule has 2 aromatic rings. The molecule has 1 unspecified atom stereocenters. The van der Waals surface area contributed by atoms with Gasteiger partial charge in [-0.3, -0.25) is 9.69 Å². The Kier molecular flexibility index (Phi) is 6.84. The lowest BCUT2D eigenvalue weighted by molar-refractivity contribution is -0.122. The summed E-state index contributed by atoms with van der Waals surface area (Å²) in [5.74, 6) is 0.974. The van der Waals surface area contributed by atoms with Gasteiger partial charge >= 0.3 is 0 Å². The van der Waals surface area contributed by atoms with E-state index in [1.807, 2.05) is 12.1 Å². The van der Waals surface area contributed by atoms with Gasteiger partial charge in [0.05, 0.1) is 13.7 Å². The lowest BCUT2D eigenvalue weighted by Crippen LogP contribution is -2.33. The van der Waals surface area contributed by atoms with Crippen LogP contribution in [0.4, 0.5) is 0 Å². The molecule has 0 spiro atoms. The molecule has 1 atom stereocenters. The molecular formula is C20H28N4O3. The zero-order valence-corrected chi connectivity index (χ0v) is 16.1. The van der Waals surface area contributed by atoms with Crippen LogP contribution >= 0.6 is 0 Å². The van der Waals surface area contributed by atoms with Crippen LogP contribution in [0.15, 0.2) is 36.7 Å². The largest absolute Gasteiger partial charge is 0.481 e. The van der Waals surface area contributed by atoms with Crippen LogP contribution in [0.5, 0.6) is 5.88 Å². The second-order valence-electron chi connectivity index (χ2n) is 6.91. The van der Waals surface area contributed by atoms with E-state index in [2.05, 4.69) is 38.1 Å². The summed E-state index contributed by atoms with van der Waals surface area (Å²) in [4.78, 5) is 19.0. The van der Waals surface area contributed by atoms with E-state index >= 15 is 0 Å². The number of nitrogens with zero attached hydrogens (tertiary/aromatic N) is 3. The van der Waals surface area contributed by atoms with Crippen molar-refractivity contribution in [2.75, 3.05) is 33.9 Å². The molecule has 3 rings (SSSR count). The van der Waals surface area contributed by atoms with E-state index in [-0.39, 0.29) is 11.8 Å². The zero-order valence-electron chi connectivity index (χ0n) is 16.1. The highest BCUT2D eigenvalue weighted by molar-refractivity contribution is 5.76. The van der Waals surface area contributed by atoms with Gasteiger partial charge in [0.25, 0.3) is 0 Å². The minimum absolute atomic E-state index is 0.0755. The molecule has 7 nitrogen and oxygen atoms in total. The Morgan fingerprint density at radius 2 is 2.19 bits per heavy atom. The van der Waals surface area contributed by atoms with Crippen LogP contribution in [0, 0.1) is 5.92 Å². The lowest BCUT2D eigenvalue weighted by atomic mass is 10.0. The highest BCUT2D eigenvalue weighted by atomic mass is 16.5. The first kappa shape index (κ1) is 19.4. The van der Waals surface area contributed by atoms with Gasteiger partial charge in [0.1, 0.15) is 0 Å². The molecule has 1 N–H and O–H groups in total. The number of carbonyl (C=O) groups excluding carboxylic acids is 1. The van der Waals surface area contributed by atoms with Crippen molar-refractivity contribution in [1.82, 2.24) is 19.8 Å². The number of amides is 1. The number of fused-ring (bicyclic) bond motifs is 1. The molecular weight excluding hydrogens is 344 g/mol. The highest BCUT2D eigenvalue weighted by Gasteiger charge is 2.24. The molecule has 1 amide bonds. The van der Waals surface area contributed by atoms with Crippen LogP contribution in [-0.4, -0.2) is 54.3 Å². The van der Waals surface area contributed by atoms with Crippen LogP contribution in [0.2, 0.25) is 0 Å². The van der Waals surface area contributed by atoms with E-state index < -0.39 is 0 Å². The van der Waals surface area contributed by atoms with Gasteiger partial charge in [0.15, 0.2) is 0 Å². The number of hydrogen-bond acceptors (Lipinski definition) is 5. The van der Waals surface area contributed by atoms with Crippen LogP contribution < -0.4 is 10.1 Å². The molecule has 0 fully saturated rings. The van der Waals surface area contributed by atoms with Gasteiger partial charge in [-0.25, -0.2) is 4.98 Å². The van der Waals surface area contributed by atoms with Crippen molar-refractivity contribution < 1.29 is 14.3 Å². The number of methoxy groups -OCH3 is 2. The summed E-state index contributed by atoms with van der Waals surface area (Å²) < 4.78 is 12.7. The van der Waals surface area contributed by atoms with Crippen LogP contribution in [0.3, 0.4) is 0 Å². The first-order chi connectivity index (χ1) is 13.2. The monoisotopic (exact) mass is 372 g/mol. The molecule has 0 radical (unpaired) electrons. The number of rotatable bonds is 8. The van der Waals surface area contributed by atoms with E-state index in [0.717, 1.165) is 31.7 Å². The quantitative estimate of drug-likeness (QED) is 0.714. The van der Waals surface area contributed by atoms with Gasteiger partial charge in [-0.05, 0) is 24.1 Å². The molecule has 0 aromatic carbocycles. The summed E-state index contributed by atoms with van der Waals surface area (Å²) >= 11 is 0. The summed E-state index contributed by atoms with van der Waals surface area (Å²) in [7, 11) is 3.28. The van der Waals surface area contributed by atoms with E-state index in [1.165, 1.54) is 5.69 Å². The fourth-order valence-electron chi connectivity index (χ4n) is 3.61. The average Bonchev–Trinajstić information content (AvgIpc) is 3.02. The molecule has 0 bridgehead atoms. The van der Waals surface area contributed by atoms with Gasteiger partial charge < -0.3 is 19.4 Å². The maximum Gasteiger partial charge on any atom is 0.220 e. The van der Waals surface area contributed by atoms with Crippen molar-refractivity contribution in [2.24, 2.45) is 5.92 Å². The Hall–Kier alpha value is -2.38. The second-order valence-corrected chi connectivity index (χ2v) is 6.91. The zero-order chi connectivity index (χ0) is 19.1. The molecule has 0 saturated carbocycles. The normalized spacial score (nSPS) is 17.2. The summed E-state index contributed by atoms with van der Waals surface area (Å²) in [5.41, 5.74) is 2.32. The number of ether oxygens (including phenoxy) is 2. The number of pyridine rings is 1. The molecule has 7 heteroatoms. The number of carbonyl (C=O) groups is 1. The second kappa shape index (κ2) is 9.53. The maximum atomic E-state index is 12.3. The third kappa shape index (κ3) is 5.30. The third-order valence-corrected chi connectivity index (χ3v) is 4.82. The Morgan fingerprint density at radius 1 is 1.30 bits per heavy atom. The highest BCUT2D eigenvalue weighted by Crippen LogP contribution is 2.23. The van der Waals surface area contributed by atoms with Gasteiger partial charge in [0.2, 0.25) is 11.8 Å². The van der Waals surface area contributed by atoms with E-state index in [9.17, 15) is 4.79 Å². The summed E-state index contributed by atoms with van der Waals surface area (Å²) in [6.45, 7) is 4.35. The molecule has 0 saturated heterocycles. The number of hydrogen-bond donors (Lipinski definition) is 1. The van der Waals surface area contributed by atoms with Crippen molar-refractivity contribution in [3.63, 3.8) is 0 Å². The predicted molar refractivity (Wildman–Crippen MR) is 102 cm³/mol. The van der Waals surface area contributed by atoms with Crippen molar-refractivity contribution in [3.8, 4) is 5.88 Å². The fourth-order valence-corrected chi connectivity index (χ4v) is 3.61. The molecule has 1 aliphatic rings. The Labute approximate surface area is 160 Å². The molecule has 1 aliphatic heterocycles. The van der Waals surface area contributed by atoms with Crippen LogP contribution in [0.25, 0.3) is 0 Å². The lowest BCUT2D eigenvalue weighted by Gasteiger charge is -2.24. The first-order valence-corrected chi connectivity index (χ1v) is 9.29. The van der Waals surface area contributed by atoms with Crippen molar-refractivity contribution >= 4 is 5.91 Å². The number of aromatic nitrogens is 2. The summed E-state index contributed by atoms with van der Waals surface area (Å²) in [6, 6.07) is 8.19. The smallest absolute Gasteiger partial charge is 0.220 e. The van der Waals surface area contributed by atoms with Crippen LogP contribution in [0.1, 0.15) is 17.7 Å². The van der Waals surface area contributed by atoms with Crippen LogP contribution in [-0.2, 0) is 29.2 Å². The van der Waals surface area contributed by atoms with Crippen molar-refractivity contribution in [3.05, 3.63) is 47.9 Å². The minimum atomic E-state index is 0.0755. The number of nitrogens with one attached hydrogen (secondary N) is 1. The molecule has 146 valence electrons. The Morgan fingerprint density at radius 3 is 3.00 bits per heavy atom.